The maximum Gasteiger partial charge on any atom is 0.231 e. The van der Waals surface area contributed by atoms with Crippen molar-refractivity contribution in [1.29, 1.82) is 0 Å². The van der Waals surface area contributed by atoms with Crippen LogP contribution in [0.4, 0.5) is 5.69 Å². The van der Waals surface area contributed by atoms with Gasteiger partial charge in [0.1, 0.15) is 0 Å². The van der Waals surface area contributed by atoms with Gasteiger partial charge in [0.2, 0.25) is 5.91 Å². The van der Waals surface area contributed by atoms with Crippen molar-refractivity contribution in [3.63, 3.8) is 0 Å². The summed E-state index contributed by atoms with van der Waals surface area (Å²) in [7, 11) is 1.78. The van der Waals surface area contributed by atoms with Gasteiger partial charge in [0.15, 0.2) is 0 Å². The van der Waals surface area contributed by atoms with E-state index in [1.165, 1.54) is 0 Å². The Morgan fingerprint density at radius 3 is 2.93 bits per heavy atom. The normalized spacial score (nSPS) is 16.7. The number of hydrogen-bond acceptors (Lipinski definition) is 2. The van der Waals surface area contributed by atoms with Crippen LogP contribution in [0, 0.1) is 0 Å². The molecule has 1 aromatic rings. The zero-order valence-corrected chi connectivity index (χ0v) is 9.03. The number of hydrogen-bond donors (Lipinski definition) is 1. The molecule has 0 bridgehead atoms. The SMILES string of the molecule is CC[C@H](O)c1ccc2c(c1)CC(=O)N2C. The van der Waals surface area contributed by atoms with Crippen molar-refractivity contribution >= 4 is 11.6 Å². The molecule has 0 aromatic heterocycles. The lowest BCUT2D eigenvalue weighted by molar-refractivity contribution is -0.117. The molecule has 0 fully saturated rings. The smallest absolute Gasteiger partial charge is 0.231 e. The molecule has 1 aliphatic heterocycles. The average molecular weight is 205 g/mol. The minimum absolute atomic E-state index is 0.119. The van der Waals surface area contributed by atoms with Crippen LogP contribution < -0.4 is 4.90 Å². The van der Waals surface area contributed by atoms with Crippen molar-refractivity contribution in [3.05, 3.63) is 29.3 Å². The Bertz CT molecular complexity index is 401. The summed E-state index contributed by atoms with van der Waals surface area (Å²) in [6.07, 6.45) is 0.731. The third kappa shape index (κ3) is 1.63. The lowest BCUT2D eigenvalue weighted by atomic mass is 10.0. The van der Waals surface area contributed by atoms with E-state index in [4.69, 9.17) is 0 Å². The van der Waals surface area contributed by atoms with Gasteiger partial charge in [-0.3, -0.25) is 4.79 Å². The van der Waals surface area contributed by atoms with Crippen LogP contribution in [0.15, 0.2) is 18.2 Å². The van der Waals surface area contributed by atoms with E-state index >= 15 is 0 Å². The Kier molecular flexibility index (Phi) is 2.49. The maximum absolute atomic E-state index is 11.4. The molecule has 1 N–H and O–H groups in total. The topological polar surface area (TPSA) is 40.5 Å². The lowest BCUT2D eigenvalue weighted by Gasteiger charge is -2.12. The fraction of sp³-hybridized carbons (Fsp3) is 0.417. The van der Waals surface area contributed by atoms with Crippen molar-refractivity contribution in [1.82, 2.24) is 0 Å². The predicted octanol–water partition coefficient (Wildman–Crippen LogP) is 1.65. The number of carbonyl (C=O) groups is 1. The number of aliphatic hydroxyl groups is 1. The quantitative estimate of drug-likeness (QED) is 0.797. The second-order valence-corrected chi connectivity index (χ2v) is 3.94. The second-order valence-electron chi connectivity index (χ2n) is 3.94. The second kappa shape index (κ2) is 3.66. The molecule has 3 nitrogen and oxygen atoms in total. The van der Waals surface area contributed by atoms with Crippen molar-refractivity contribution in [2.75, 3.05) is 11.9 Å². The minimum Gasteiger partial charge on any atom is -0.388 e. The molecule has 0 saturated carbocycles. The summed E-state index contributed by atoms with van der Waals surface area (Å²) in [5.41, 5.74) is 2.89. The number of fused-ring (bicyclic) bond motifs is 1. The van der Waals surface area contributed by atoms with Gasteiger partial charge in [0.05, 0.1) is 12.5 Å². The fourth-order valence-electron chi connectivity index (χ4n) is 1.93. The van der Waals surface area contributed by atoms with Gasteiger partial charge in [0.25, 0.3) is 0 Å². The van der Waals surface area contributed by atoms with Crippen molar-refractivity contribution < 1.29 is 9.90 Å². The first kappa shape index (κ1) is 10.2. The van der Waals surface area contributed by atoms with Crippen LogP contribution >= 0.6 is 0 Å². The zero-order valence-electron chi connectivity index (χ0n) is 9.03. The molecular formula is C12H15NO2. The Morgan fingerprint density at radius 1 is 1.53 bits per heavy atom. The van der Waals surface area contributed by atoms with Crippen LogP contribution in [-0.2, 0) is 11.2 Å². The molecule has 3 heteroatoms. The van der Waals surface area contributed by atoms with Crippen molar-refractivity contribution in [3.8, 4) is 0 Å². The number of nitrogens with zero attached hydrogens (tertiary/aromatic N) is 1. The van der Waals surface area contributed by atoms with Crippen molar-refractivity contribution in [2.45, 2.75) is 25.9 Å². The van der Waals surface area contributed by atoms with Gasteiger partial charge in [-0.15, -0.1) is 0 Å². The predicted molar refractivity (Wildman–Crippen MR) is 58.8 cm³/mol. The van der Waals surface area contributed by atoms with E-state index in [1.54, 1.807) is 11.9 Å². The molecule has 1 amide bonds. The van der Waals surface area contributed by atoms with Gasteiger partial charge >= 0.3 is 0 Å². The molecule has 1 aliphatic rings. The molecular weight excluding hydrogens is 190 g/mol. The molecule has 1 heterocycles. The Hall–Kier alpha value is -1.35. The average Bonchev–Trinajstić information content (AvgIpc) is 2.53. The van der Waals surface area contributed by atoms with Gasteiger partial charge in [-0.25, -0.2) is 0 Å². The molecule has 0 unspecified atom stereocenters. The van der Waals surface area contributed by atoms with E-state index in [-0.39, 0.29) is 5.91 Å². The first-order valence-electron chi connectivity index (χ1n) is 5.21. The minimum atomic E-state index is -0.420. The first-order chi connectivity index (χ1) is 7.13. The number of rotatable bonds is 2. The van der Waals surface area contributed by atoms with Crippen LogP contribution in [0.3, 0.4) is 0 Å². The maximum atomic E-state index is 11.4. The van der Waals surface area contributed by atoms with Crippen LogP contribution in [-0.4, -0.2) is 18.1 Å². The molecule has 0 saturated heterocycles. The van der Waals surface area contributed by atoms with Gasteiger partial charge in [-0.2, -0.15) is 0 Å². The van der Waals surface area contributed by atoms with Gasteiger partial charge in [-0.1, -0.05) is 19.1 Å². The summed E-state index contributed by atoms with van der Waals surface area (Å²) in [4.78, 5) is 13.1. The summed E-state index contributed by atoms with van der Waals surface area (Å²) in [6, 6.07) is 5.74. The highest BCUT2D eigenvalue weighted by Gasteiger charge is 2.24. The summed E-state index contributed by atoms with van der Waals surface area (Å²) >= 11 is 0. The molecule has 1 atom stereocenters. The highest BCUT2D eigenvalue weighted by atomic mass is 16.3. The number of likely N-dealkylation sites (N-methyl/N-ethyl adjacent to an activating group) is 1. The van der Waals surface area contributed by atoms with E-state index < -0.39 is 6.10 Å². The standard InChI is InChI=1S/C12H15NO2/c1-3-11(14)8-4-5-10-9(6-8)7-12(15)13(10)2/h4-6,11,14H,3,7H2,1-2H3/t11-/m0/s1. The van der Waals surface area contributed by atoms with E-state index in [1.807, 2.05) is 25.1 Å². The van der Waals surface area contributed by atoms with Crippen LogP contribution in [0.5, 0.6) is 0 Å². The largest absolute Gasteiger partial charge is 0.388 e. The van der Waals surface area contributed by atoms with E-state index in [9.17, 15) is 9.90 Å². The lowest BCUT2D eigenvalue weighted by Crippen LogP contribution is -2.20. The highest BCUT2D eigenvalue weighted by molar-refractivity contribution is 6.00. The molecule has 15 heavy (non-hydrogen) atoms. The Balaban J connectivity index is 2.37. The van der Waals surface area contributed by atoms with Gasteiger partial charge in [0, 0.05) is 12.7 Å². The molecule has 0 spiro atoms. The third-order valence-electron chi connectivity index (χ3n) is 2.95. The van der Waals surface area contributed by atoms with Crippen LogP contribution in [0.2, 0.25) is 0 Å². The number of benzene rings is 1. The fourth-order valence-corrected chi connectivity index (χ4v) is 1.93. The van der Waals surface area contributed by atoms with E-state index in [2.05, 4.69) is 0 Å². The van der Waals surface area contributed by atoms with E-state index in [0.717, 1.165) is 16.8 Å². The molecule has 2 rings (SSSR count). The Labute approximate surface area is 89.3 Å². The number of anilines is 1. The van der Waals surface area contributed by atoms with Crippen LogP contribution in [0.25, 0.3) is 0 Å². The van der Waals surface area contributed by atoms with Crippen molar-refractivity contribution in [2.24, 2.45) is 0 Å². The summed E-state index contributed by atoms with van der Waals surface area (Å²) < 4.78 is 0. The van der Waals surface area contributed by atoms with Gasteiger partial charge < -0.3 is 10.0 Å². The molecule has 80 valence electrons. The summed E-state index contributed by atoms with van der Waals surface area (Å²) in [5, 5.41) is 9.69. The molecule has 0 radical (unpaired) electrons. The van der Waals surface area contributed by atoms with Gasteiger partial charge in [-0.05, 0) is 23.6 Å². The number of aliphatic hydroxyl groups excluding tert-OH is 1. The zero-order chi connectivity index (χ0) is 11.0. The summed E-state index contributed by atoms with van der Waals surface area (Å²) in [6.45, 7) is 1.94. The van der Waals surface area contributed by atoms with Crippen LogP contribution in [0.1, 0.15) is 30.6 Å². The first-order valence-corrected chi connectivity index (χ1v) is 5.21. The number of amides is 1. The molecule has 1 aromatic carbocycles. The van der Waals surface area contributed by atoms with E-state index in [0.29, 0.717) is 12.8 Å². The third-order valence-corrected chi connectivity index (χ3v) is 2.95. The Morgan fingerprint density at radius 2 is 2.27 bits per heavy atom. The summed E-state index contributed by atoms with van der Waals surface area (Å²) in [5.74, 6) is 0.119. The number of carbonyl (C=O) groups excluding carboxylic acids is 1. The molecule has 0 aliphatic carbocycles. The highest BCUT2D eigenvalue weighted by Crippen LogP contribution is 2.30. The monoisotopic (exact) mass is 205 g/mol.